The third-order valence-corrected chi connectivity index (χ3v) is 4.25. The van der Waals surface area contributed by atoms with Gasteiger partial charge in [-0.2, -0.15) is 0 Å². The monoisotopic (exact) mass is 240 g/mol. The predicted octanol–water partition coefficient (Wildman–Crippen LogP) is 1.27. The van der Waals surface area contributed by atoms with Crippen molar-refractivity contribution in [3.05, 3.63) is 0 Å². The molecule has 98 valence electrons. The van der Waals surface area contributed by atoms with Crippen LogP contribution in [-0.4, -0.2) is 60.1 Å². The molecule has 0 aromatic rings. The number of nitrogens with zero attached hydrogens (tertiary/aromatic N) is 2. The van der Waals surface area contributed by atoms with E-state index in [-0.39, 0.29) is 0 Å². The van der Waals surface area contributed by atoms with E-state index in [1.165, 1.54) is 12.8 Å². The Balaban J connectivity index is 1.86. The van der Waals surface area contributed by atoms with Gasteiger partial charge in [-0.15, -0.1) is 0 Å². The van der Waals surface area contributed by atoms with E-state index in [4.69, 9.17) is 5.11 Å². The Kier molecular flexibility index (Phi) is 4.05. The number of hydrogen-bond acceptors (Lipinski definition) is 3. The molecule has 0 amide bonds. The summed E-state index contributed by atoms with van der Waals surface area (Å²) >= 11 is 0. The largest absolute Gasteiger partial charge is 0.481 e. The summed E-state index contributed by atoms with van der Waals surface area (Å²) in [6.07, 6.45) is 5.10. The maximum atomic E-state index is 10.8. The van der Waals surface area contributed by atoms with E-state index in [2.05, 4.69) is 23.9 Å². The van der Waals surface area contributed by atoms with Crippen LogP contribution in [0.4, 0.5) is 0 Å². The summed E-state index contributed by atoms with van der Waals surface area (Å²) in [7, 11) is 4.22. The van der Waals surface area contributed by atoms with E-state index in [9.17, 15) is 4.79 Å². The van der Waals surface area contributed by atoms with Crippen molar-refractivity contribution in [2.75, 3.05) is 27.2 Å². The minimum absolute atomic E-state index is 0.370. The average Bonchev–Trinajstić information content (AvgIpc) is 2.45. The number of likely N-dealkylation sites (N-methyl/N-ethyl adjacent to an activating group) is 1. The van der Waals surface area contributed by atoms with E-state index in [1.54, 1.807) is 0 Å². The van der Waals surface area contributed by atoms with Crippen LogP contribution in [0, 0.1) is 5.92 Å². The van der Waals surface area contributed by atoms with Crippen LogP contribution in [0.5, 0.6) is 0 Å². The number of carboxylic acids is 1. The van der Waals surface area contributed by atoms with Gasteiger partial charge >= 0.3 is 5.97 Å². The Labute approximate surface area is 104 Å². The van der Waals surface area contributed by atoms with Crippen molar-refractivity contribution >= 4 is 5.97 Å². The molecule has 4 heteroatoms. The minimum atomic E-state index is -0.629. The summed E-state index contributed by atoms with van der Waals surface area (Å²) in [6, 6.07) is 1.30. The Hall–Kier alpha value is -0.610. The normalized spacial score (nSPS) is 33.2. The van der Waals surface area contributed by atoms with Gasteiger partial charge in [0.05, 0.1) is 0 Å². The fraction of sp³-hybridized carbons (Fsp3) is 0.923. The standard InChI is InChI=1S/C13H24N2O2/c1-14(2)5-6-15-11-3-4-12(15)8-10(7-11)9-13(16)17/h10-12H,3-9H2,1-2H3,(H,16,17). The highest BCUT2D eigenvalue weighted by Gasteiger charge is 2.40. The van der Waals surface area contributed by atoms with Gasteiger partial charge in [0.2, 0.25) is 0 Å². The van der Waals surface area contributed by atoms with E-state index < -0.39 is 5.97 Å². The summed E-state index contributed by atoms with van der Waals surface area (Å²) in [6.45, 7) is 2.25. The lowest BCUT2D eigenvalue weighted by Crippen LogP contribution is -2.45. The number of piperidine rings is 1. The Morgan fingerprint density at radius 3 is 2.35 bits per heavy atom. The first kappa shape index (κ1) is 12.8. The lowest BCUT2D eigenvalue weighted by Gasteiger charge is -2.39. The van der Waals surface area contributed by atoms with E-state index in [0.29, 0.717) is 24.4 Å². The maximum Gasteiger partial charge on any atom is 0.303 e. The highest BCUT2D eigenvalue weighted by Crippen LogP contribution is 2.39. The van der Waals surface area contributed by atoms with Crippen LogP contribution in [0.2, 0.25) is 0 Å². The van der Waals surface area contributed by atoms with E-state index in [1.807, 2.05) is 0 Å². The molecule has 0 aliphatic carbocycles. The highest BCUT2D eigenvalue weighted by atomic mass is 16.4. The molecule has 2 rings (SSSR count). The molecule has 2 bridgehead atoms. The van der Waals surface area contributed by atoms with Crippen molar-refractivity contribution in [1.82, 2.24) is 9.80 Å². The summed E-state index contributed by atoms with van der Waals surface area (Å²) in [5.74, 6) is -0.211. The van der Waals surface area contributed by atoms with Crippen molar-refractivity contribution in [2.45, 2.75) is 44.2 Å². The molecule has 4 nitrogen and oxygen atoms in total. The number of carbonyl (C=O) groups is 1. The second kappa shape index (κ2) is 5.36. The summed E-state index contributed by atoms with van der Waals surface area (Å²) in [4.78, 5) is 15.6. The predicted molar refractivity (Wildman–Crippen MR) is 67.0 cm³/mol. The molecule has 1 N–H and O–H groups in total. The van der Waals surface area contributed by atoms with Gasteiger partial charge in [0.1, 0.15) is 0 Å². The molecule has 2 fully saturated rings. The van der Waals surface area contributed by atoms with Gasteiger partial charge in [-0.3, -0.25) is 9.69 Å². The maximum absolute atomic E-state index is 10.8. The fourth-order valence-electron chi connectivity index (χ4n) is 3.48. The molecule has 2 unspecified atom stereocenters. The highest BCUT2D eigenvalue weighted by molar-refractivity contribution is 5.67. The van der Waals surface area contributed by atoms with Gasteiger partial charge in [-0.25, -0.2) is 0 Å². The van der Waals surface area contributed by atoms with Gasteiger partial charge in [0.25, 0.3) is 0 Å². The minimum Gasteiger partial charge on any atom is -0.481 e. The van der Waals surface area contributed by atoms with Gasteiger partial charge in [0, 0.05) is 31.6 Å². The lowest BCUT2D eigenvalue weighted by atomic mass is 9.88. The Bertz CT molecular complexity index is 267. The van der Waals surface area contributed by atoms with Crippen LogP contribution in [-0.2, 0) is 4.79 Å². The van der Waals surface area contributed by atoms with Gasteiger partial charge < -0.3 is 10.0 Å². The topological polar surface area (TPSA) is 43.8 Å². The zero-order valence-electron chi connectivity index (χ0n) is 10.9. The van der Waals surface area contributed by atoms with Crippen LogP contribution >= 0.6 is 0 Å². The van der Waals surface area contributed by atoms with Gasteiger partial charge in [-0.05, 0) is 45.7 Å². The molecule has 2 atom stereocenters. The van der Waals surface area contributed by atoms with E-state index in [0.717, 1.165) is 25.9 Å². The third-order valence-electron chi connectivity index (χ3n) is 4.25. The molecular formula is C13H24N2O2. The van der Waals surface area contributed by atoms with E-state index >= 15 is 0 Å². The molecule has 0 spiro atoms. The zero-order valence-corrected chi connectivity index (χ0v) is 10.9. The van der Waals surface area contributed by atoms with Gasteiger partial charge in [-0.1, -0.05) is 0 Å². The van der Waals surface area contributed by atoms with Crippen LogP contribution in [0.15, 0.2) is 0 Å². The first-order valence-corrected chi connectivity index (χ1v) is 6.68. The van der Waals surface area contributed by atoms with Crippen LogP contribution in [0.25, 0.3) is 0 Å². The summed E-state index contributed by atoms with van der Waals surface area (Å²) in [5, 5.41) is 8.88. The molecule has 0 aromatic carbocycles. The first-order chi connectivity index (χ1) is 8.06. The second-order valence-electron chi connectivity index (χ2n) is 5.86. The Morgan fingerprint density at radius 2 is 1.88 bits per heavy atom. The summed E-state index contributed by atoms with van der Waals surface area (Å²) < 4.78 is 0. The molecule has 2 heterocycles. The molecule has 17 heavy (non-hydrogen) atoms. The summed E-state index contributed by atoms with van der Waals surface area (Å²) in [5.41, 5.74) is 0. The molecule has 2 aliphatic rings. The lowest BCUT2D eigenvalue weighted by molar-refractivity contribution is -0.138. The Morgan fingerprint density at radius 1 is 1.29 bits per heavy atom. The van der Waals surface area contributed by atoms with Crippen LogP contribution < -0.4 is 0 Å². The number of aliphatic carboxylic acids is 1. The number of carboxylic acid groups (broad SMARTS) is 1. The van der Waals surface area contributed by atoms with Gasteiger partial charge in [0.15, 0.2) is 0 Å². The van der Waals surface area contributed by atoms with Crippen molar-refractivity contribution < 1.29 is 9.90 Å². The van der Waals surface area contributed by atoms with Crippen LogP contribution in [0.3, 0.4) is 0 Å². The smallest absolute Gasteiger partial charge is 0.303 e. The number of fused-ring (bicyclic) bond motifs is 2. The second-order valence-corrected chi connectivity index (χ2v) is 5.86. The zero-order chi connectivity index (χ0) is 12.4. The molecule has 0 radical (unpaired) electrons. The quantitative estimate of drug-likeness (QED) is 0.786. The molecular weight excluding hydrogens is 216 g/mol. The molecule has 0 saturated carbocycles. The van der Waals surface area contributed by atoms with Crippen molar-refractivity contribution in [3.8, 4) is 0 Å². The SMILES string of the molecule is CN(C)CCN1C2CCC1CC(CC(=O)O)C2. The van der Waals surface area contributed by atoms with Crippen molar-refractivity contribution in [1.29, 1.82) is 0 Å². The number of rotatable bonds is 5. The van der Waals surface area contributed by atoms with Crippen molar-refractivity contribution in [3.63, 3.8) is 0 Å². The fourth-order valence-corrected chi connectivity index (χ4v) is 3.48. The molecule has 0 aromatic heterocycles. The van der Waals surface area contributed by atoms with Crippen molar-refractivity contribution in [2.24, 2.45) is 5.92 Å². The third kappa shape index (κ3) is 3.19. The first-order valence-electron chi connectivity index (χ1n) is 6.68. The molecule has 2 aliphatic heterocycles. The molecule has 2 saturated heterocycles. The number of hydrogen-bond donors (Lipinski definition) is 1. The average molecular weight is 240 g/mol. The van der Waals surface area contributed by atoms with Crippen LogP contribution in [0.1, 0.15) is 32.1 Å².